The summed E-state index contributed by atoms with van der Waals surface area (Å²) < 4.78 is 15.1. The van der Waals surface area contributed by atoms with Gasteiger partial charge in [-0.3, -0.25) is 9.59 Å². The van der Waals surface area contributed by atoms with Crippen LogP contribution < -0.4 is 5.32 Å². The Labute approximate surface area is 213 Å². The van der Waals surface area contributed by atoms with Crippen molar-refractivity contribution < 1.29 is 14.0 Å². The number of allylic oxidation sites excluding steroid dienone is 2. The first-order valence-electron chi connectivity index (χ1n) is 12.9. The summed E-state index contributed by atoms with van der Waals surface area (Å²) in [4.78, 5) is 29.5. The molecule has 0 spiro atoms. The summed E-state index contributed by atoms with van der Waals surface area (Å²) in [7, 11) is 0. The molecule has 4 rings (SSSR count). The maximum Gasteiger partial charge on any atom is 0.243 e. The Morgan fingerprint density at radius 3 is 2.49 bits per heavy atom. The molecule has 1 aromatic carbocycles. The average molecular weight is 499 g/mol. The largest absolute Gasteiger partial charge is 0.350 e. The SMILES string of the molecule is CC1=CSC(c2ccc(CNC(=O)C3CCCN3C(=O)C(C(C)(C)C)C3(F)CC3)cc2)=C(C)CC1. The summed E-state index contributed by atoms with van der Waals surface area (Å²) in [6, 6.07) is 7.85. The third-order valence-corrected chi connectivity index (χ3v) is 8.88. The maximum atomic E-state index is 15.1. The quantitative estimate of drug-likeness (QED) is 0.479. The molecule has 35 heavy (non-hydrogen) atoms. The van der Waals surface area contributed by atoms with Crippen molar-refractivity contribution in [2.45, 2.75) is 91.4 Å². The van der Waals surface area contributed by atoms with Gasteiger partial charge in [0.2, 0.25) is 11.8 Å². The maximum absolute atomic E-state index is 15.1. The lowest BCUT2D eigenvalue weighted by molar-refractivity contribution is -0.148. The normalized spacial score (nSPS) is 23.0. The summed E-state index contributed by atoms with van der Waals surface area (Å²) >= 11 is 1.79. The van der Waals surface area contributed by atoms with E-state index in [4.69, 9.17) is 0 Å². The smallest absolute Gasteiger partial charge is 0.243 e. The molecule has 0 radical (unpaired) electrons. The lowest BCUT2D eigenvalue weighted by Crippen LogP contribution is -2.52. The highest BCUT2D eigenvalue weighted by molar-refractivity contribution is 8.11. The van der Waals surface area contributed by atoms with Crippen molar-refractivity contribution in [1.29, 1.82) is 0 Å². The van der Waals surface area contributed by atoms with Gasteiger partial charge in [-0.25, -0.2) is 4.39 Å². The van der Waals surface area contributed by atoms with Crippen LogP contribution in [0.2, 0.25) is 0 Å². The Hall–Kier alpha value is -2.08. The molecule has 2 amide bonds. The molecule has 2 aliphatic heterocycles. The predicted molar refractivity (Wildman–Crippen MR) is 142 cm³/mol. The number of amides is 2. The van der Waals surface area contributed by atoms with E-state index in [2.05, 4.69) is 48.8 Å². The van der Waals surface area contributed by atoms with Crippen LogP contribution in [0.3, 0.4) is 0 Å². The molecule has 1 N–H and O–H groups in total. The van der Waals surface area contributed by atoms with Gasteiger partial charge in [-0.2, -0.15) is 0 Å². The molecule has 1 aromatic rings. The first kappa shape index (κ1) is 26.0. The number of hydrogen-bond acceptors (Lipinski definition) is 3. The molecule has 0 aromatic heterocycles. The van der Waals surface area contributed by atoms with E-state index < -0.39 is 23.0 Å². The number of nitrogens with zero attached hydrogens (tertiary/aromatic N) is 1. The molecule has 0 bridgehead atoms. The van der Waals surface area contributed by atoms with Crippen LogP contribution in [0.5, 0.6) is 0 Å². The topological polar surface area (TPSA) is 49.4 Å². The van der Waals surface area contributed by atoms with Gasteiger partial charge in [0.15, 0.2) is 0 Å². The van der Waals surface area contributed by atoms with Crippen molar-refractivity contribution in [2.75, 3.05) is 6.54 Å². The van der Waals surface area contributed by atoms with Crippen LogP contribution in [-0.4, -0.2) is 35.0 Å². The van der Waals surface area contributed by atoms with E-state index >= 15 is 4.39 Å². The highest BCUT2D eigenvalue weighted by Crippen LogP contribution is 2.53. The highest BCUT2D eigenvalue weighted by Gasteiger charge is 2.59. The number of likely N-dealkylation sites (tertiary alicyclic amines) is 1. The van der Waals surface area contributed by atoms with Crippen molar-refractivity contribution >= 4 is 28.5 Å². The van der Waals surface area contributed by atoms with Crippen LogP contribution in [0.15, 0.2) is 40.8 Å². The fourth-order valence-corrected chi connectivity index (χ4v) is 6.47. The van der Waals surface area contributed by atoms with Gasteiger partial charge in [0.05, 0.1) is 5.92 Å². The van der Waals surface area contributed by atoms with Crippen LogP contribution >= 0.6 is 11.8 Å². The van der Waals surface area contributed by atoms with Gasteiger partial charge >= 0.3 is 0 Å². The van der Waals surface area contributed by atoms with Crippen LogP contribution in [0.4, 0.5) is 4.39 Å². The number of hydrogen-bond donors (Lipinski definition) is 1. The first-order valence-corrected chi connectivity index (χ1v) is 13.8. The minimum Gasteiger partial charge on any atom is -0.350 e. The summed E-state index contributed by atoms with van der Waals surface area (Å²) in [6.07, 6.45) is 4.46. The molecule has 3 aliphatic rings. The monoisotopic (exact) mass is 498 g/mol. The van der Waals surface area contributed by atoms with Gasteiger partial charge in [-0.15, -0.1) is 0 Å². The van der Waals surface area contributed by atoms with Gasteiger partial charge in [0, 0.05) is 18.0 Å². The Morgan fingerprint density at radius 2 is 1.86 bits per heavy atom. The van der Waals surface area contributed by atoms with Gasteiger partial charge in [-0.1, -0.05) is 67.9 Å². The van der Waals surface area contributed by atoms with E-state index in [-0.39, 0.29) is 11.8 Å². The molecule has 2 unspecified atom stereocenters. The van der Waals surface area contributed by atoms with Gasteiger partial charge < -0.3 is 10.2 Å². The lowest BCUT2D eigenvalue weighted by Gasteiger charge is -2.37. The second-order valence-corrected chi connectivity index (χ2v) is 12.5. The summed E-state index contributed by atoms with van der Waals surface area (Å²) in [5, 5.41) is 5.27. The molecule has 2 heterocycles. The molecule has 1 aliphatic carbocycles. The number of thioether (sulfide) groups is 1. The summed E-state index contributed by atoms with van der Waals surface area (Å²) in [5.74, 6) is -1.04. The number of halogens is 1. The van der Waals surface area contributed by atoms with E-state index in [1.165, 1.54) is 21.6 Å². The summed E-state index contributed by atoms with van der Waals surface area (Å²) in [6.45, 7) is 11.1. The van der Waals surface area contributed by atoms with Gasteiger partial charge in [0.1, 0.15) is 11.7 Å². The molecule has 2 fully saturated rings. The standard InChI is InChI=1S/C29H39FN2O2S/c1-19-8-9-20(2)24(35-18-19)22-12-10-21(11-13-22)17-31-26(33)23-7-6-16-32(23)27(34)25(28(3,4)5)29(30)14-15-29/h10-13,18,23,25H,6-9,14-17H2,1-5H3,(H,31,33). The number of carbonyl (C=O) groups excluding carboxylic acids is 2. The Bertz CT molecular complexity index is 1030. The Balaban J connectivity index is 1.39. The van der Waals surface area contributed by atoms with Crippen molar-refractivity contribution in [1.82, 2.24) is 10.2 Å². The Morgan fingerprint density at radius 1 is 1.17 bits per heavy atom. The third kappa shape index (κ3) is 5.84. The number of rotatable bonds is 6. The molecular weight excluding hydrogens is 459 g/mol. The zero-order chi connectivity index (χ0) is 25.4. The zero-order valence-electron chi connectivity index (χ0n) is 21.7. The van der Waals surface area contributed by atoms with Crippen LogP contribution in [0.25, 0.3) is 4.91 Å². The predicted octanol–water partition coefficient (Wildman–Crippen LogP) is 6.62. The molecule has 1 saturated heterocycles. The molecule has 1 saturated carbocycles. The fraction of sp³-hybridized carbons (Fsp3) is 0.586. The van der Waals surface area contributed by atoms with Crippen LogP contribution in [0, 0.1) is 11.3 Å². The zero-order valence-corrected chi connectivity index (χ0v) is 22.6. The highest BCUT2D eigenvalue weighted by atomic mass is 32.2. The molecule has 4 nitrogen and oxygen atoms in total. The van der Waals surface area contributed by atoms with Crippen LogP contribution in [0.1, 0.15) is 84.3 Å². The Kier molecular flexibility index (Phi) is 7.51. The lowest BCUT2D eigenvalue weighted by atomic mass is 9.75. The molecular formula is C29H39FN2O2S. The van der Waals surface area contributed by atoms with Gasteiger partial charge in [-0.05, 0) is 74.3 Å². The second-order valence-electron chi connectivity index (χ2n) is 11.6. The van der Waals surface area contributed by atoms with Crippen molar-refractivity contribution in [3.63, 3.8) is 0 Å². The molecule has 6 heteroatoms. The first-order chi connectivity index (χ1) is 16.5. The van der Waals surface area contributed by atoms with E-state index in [9.17, 15) is 9.59 Å². The van der Waals surface area contributed by atoms with E-state index in [1.807, 2.05) is 20.8 Å². The molecule has 2 atom stereocenters. The van der Waals surface area contributed by atoms with Crippen LogP contribution in [-0.2, 0) is 16.1 Å². The van der Waals surface area contributed by atoms with Gasteiger partial charge in [0.25, 0.3) is 0 Å². The van der Waals surface area contributed by atoms with E-state index in [1.54, 1.807) is 16.7 Å². The fourth-order valence-electron chi connectivity index (χ4n) is 5.46. The minimum atomic E-state index is -1.42. The minimum absolute atomic E-state index is 0.144. The molecule has 190 valence electrons. The van der Waals surface area contributed by atoms with E-state index in [0.29, 0.717) is 32.4 Å². The number of benzene rings is 1. The number of alkyl halides is 1. The van der Waals surface area contributed by atoms with E-state index in [0.717, 1.165) is 24.8 Å². The van der Waals surface area contributed by atoms with Crippen molar-refractivity contribution in [3.05, 3.63) is 51.9 Å². The number of carbonyl (C=O) groups is 2. The number of nitrogens with one attached hydrogen (secondary N) is 1. The second kappa shape index (κ2) is 10.1. The van der Waals surface area contributed by atoms with Crippen molar-refractivity contribution in [3.8, 4) is 0 Å². The van der Waals surface area contributed by atoms with Crippen molar-refractivity contribution in [2.24, 2.45) is 11.3 Å². The average Bonchev–Trinajstić information content (AvgIpc) is 3.37. The third-order valence-electron chi connectivity index (χ3n) is 7.54. The summed E-state index contributed by atoms with van der Waals surface area (Å²) in [5.41, 5.74) is 3.15.